The second kappa shape index (κ2) is 9.57. The van der Waals surface area contributed by atoms with Gasteiger partial charge in [-0.05, 0) is 37.5 Å². The molecule has 5 nitrogen and oxygen atoms in total. The molecule has 1 amide bonds. The van der Waals surface area contributed by atoms with E-state index in [0.717, 1.165) is 11.1 Å². The highest BCUT2D eigenvalue weighted by Crippen LogP contribution is 2.36. The number of hydrogen-bond acceptors (Lipinski definition) is 4. The van der Waals surface area contributed by atoms with Crippen molar-refractivity contribution in [3.63, 3.8) is 0 Å². The Morgan fingerprint density at radius 2 is 1.48 bits per heavy atom. The number of carbonyl (C=O) groups is 1. The molecule has 0 unspecified atom stereocenters. The van der Waals surface area contributed by atoms with Gasteiger partial charge in [-0.25, -0.2) is 4.79 Å². The van der Waals surface area contributed by atoms with Crippen LogP contribution >= 0.6 is 0 Å². The van der Waals surface area contributed by atoms with Crippen LogP contribution in [-0.2, 0) is 4.74 Å². The van der Waals surface area contributed by atoms with E-state index in [9.17, 15) is 15.3 Å². The summed E-state index contributed by atoms with van der Waals surface area (Å²) in [6.07, 6.45) is -0.555. The maximum Gasteiger partial charge on any atom is 0.408 e. The van der Waals surface area contributed by atoms with E-state index < -0.39 is 17.7 Å². The monoisotopic (exact) mass is 387 g/mol. The zero-order valence-corrected chi connectivity index (χ0v) is 17.1. The normalized spacial score (nSPS) is 12.6. The summed E-state index contributed by atoms with van der Waals surface area (Å²) < 4.78 is 5.44. The van der Waals surface area contributed by atoms with E-state index in [1.165, 1.54) is 0 Å². The molecule has 0 aliphatic carbocycles. The number of allylic oxidation sites excluding steroid dienone is 1. The third-order valence-electron chi connectivity index (χ3n) is 4.36. The predicted octanol–water partition coefficient (Wildman–Crippen LogP) is 5.39. The predicted molar refractivity (Wildman–Crippen MR) is 112 cm³/mol. The third kappa shape index (κ3) is 5.96. The van der Waals surface area contributed by atoms with Crippen molar-refractivity contribution in [2.24, 2.45) is 5.92 Å². The van der Waals surface area contributed by atoms with Crippen LogP contribution < -0.4 is 5.32 Å². The molecular formula is C24H25N3O2. The summed E-state index contributed by atoms with van der Waals surface area (Å²) in [5, 5.41) is 22.0. The van der Waals surface area contributed by atoms with Gasteiger partial charge in [0.1, 0.15) is 23.3 Å². The van der Waals surface area contributed by atoms with E-state index >= 15 is 0 Å². The van der Waals surface area contributed by atoms with Gasteiger partial charge in [0.05, 0.1) is 6.04 Å². The first kappa shape index (κ1) is 21.7. The summed E-state index contributed by atoms with van der Waals surface area (Å²) in [5.74, 6) is -0.360. The molecule has 2 aromatic carbocycles. The van der Waals surface area contributed by atoms with Gasteiger partial charge in [-0.15, -0.1) is 0 Å². The first-order chi connectivity index (χ1) is 13.8. The van der Waals surface area contributed by atoms with Gasteiger partial charge in [0.2, 0.25) is 0 Å². The van der Waals surface area contributed by atoms with Gasteiger partial charge in [0, 0.05) is 5.92 Å². The van der Waals surface area contributed by atoms with E-state index in [-0.39, 0.29) is 11.5 Å². The van der Waals surface area contributed by atoms with Crippen molar-refractivity contribution in [3.05, 3.63) is 77.4 Å². The summed E-state index contributed by atoms with van der Waals surface area (Å²) >= 11 is 0. The van der Waals surface area contributed by atoms with Gasteiger partial charge >= 0.3 is 6.09 Å². The molecule has 5 heteroatoms. The van der Waals surface area contributed by atoms with Gasteiger partial charge < -0.3 is 10.1 Å². The lowest BCUT2D eigenvalue weighted by atomic mass is 9.82. The number of nitrogens with zero attached hydrogens (tertiary/aromatic N) is 2. The standard InChI is InChI=1S/C24H25N3O2/c1-17(21(20(15-25)16-26)18-11-7-5-8-12-18)22(19-13-9-6-10-14-19)27-23(28)29-24(2,3)4/h5-14,17,22H,1-4H3,(H,27,28)/t17-,22-/m1/s1. The summed E-state index contributed by atoms with van der Waals surface area (Å²) in [4.78, 5) is 12.5. The van der Waals surface area contributed by atoms with Gasteiger partial charge in [-0.2, -0.15) is 10.5 Å². The summed E-state index contributed by atoms with van der Waals surface area (Å²) in [5.41, 5.74) is 1.59. The van der Waals surface area contributed by atoms with E-state index in [2.05, 4.69) is 5.32 Å². The lowest BCUT2D eigenvalue weighted by Crippen LogP contribution is -2.37. The van der Waals surface area contributed by atoms with Crippen LogP contribution in [0.2, 0.25) is 0 Å². The molecule has 0 saturated carbocycles. The van der Waals surface area contributed by atoms with Gasteiger partial charge in [0.25, 0.3) is 0 Å². The zero-order chi connectivity index (χ0) is 21.4. The molecule has 0 spiro atoms. The maximum atomic E-state index is 12.5. The van der Waals surface area contributed by atoms with Crippen molar-refractivity contribution in [1.82, 2.24) is 5.32 Å². The third-order valence-corrected chi connectivity index (χ3v) is 4.36. The van der Waals surface area contributed by atoms with E-state index in [4.69, 9.17) is 4.74 Å². The van der Waals surface area contributed by atoms with Crippen LogP contribution in [0.5, 0.6) is 0 Å². The average molecular weight is 387 g/mol. The fraction of sp³-hybridized carbons (Fsp3) is 0.292. The molecule has 2 atom stereocenters. The molecular weight excluding hydrogens is 362 g/mol. The Labute approximate surface area is 172 Å². The number of nitrogens with one attached hydrogen (secondary N) is 1. The van der Waals surface area contributed by atoms with Crippen molar-refractivity contribution in [3.8, 4) is 12.1 Å². The first-order valence-corrected chi connectivity index (χ1v) is 9.41. The molecule has 0 radical (unpaired) electrons. The molecule has 0 fully saturated rings. The maximum absolute atomic E-state index is 12.5. The largest absolute Gasteiger partial charge is 0.444 e. The Kier molecular flexibility index (Phi) is 7.17. The SMILES string of the molecule is C[C@H](C(=C(C#N)C#N)c1ccccc1)[C@@H](NC(=O)OC(C)(C)C)c1ccccc1. The van der Waals surface area contributed by atoms with E-state index in [1.807, 2.05) is 79.7 Å². The van der Waals surface area contributed by atoms with Crippen LogP contribution in [0, 0.1) is 28.6 Å². The molecule has 0 saturated heterocycles. The van der Waals surface area contributed by atoms with Gasteiger partial charge in [-0.1, -0.05) is 67.6 Å². The lowest BCUT2D eigenvalue weighted by Gasteiger charge is -2.29. The van der Waals surface area contributed by atoms with Gasteiger partial charge in [-0.3, -0.25) is 0 Å². The molecule has 2 rings (SSSR count). The number of rotatable bonds is 5. The van der Waals surface area contributed by atoms with Crippen LogP contribution in [0.15, 0.2) is 66.2 Å². The number of hydrogen-bond donors (Lipinski definition) is 1. The molecule has 0 aromatic heterocycles. The van der Waals surface area contributed by atoms with Crippen LogP contribution in [0.3, 0.4) is 0 Å². The van der Waals surface area contributed by atoms with E-state index in [0.29, 0.717) is 5.57 Å². The van der Waals surface area contributed by atoms with Crippen LogP contribution in [0.1, 0.15) is 44.9 Å². The number of amides is 1. The molecule has 1 N–H and O–H groups in total. The second-order valence-electron chi connectivity index (χ2n) is 7.70. The number of ether oxygens (including phenoxy) is 1. The smallest absolute Gasteiger partial charge is 0.408 e. The quantitative estimate of drug-likeness (QED) is 0.697. The van der Waals surface area contributed by atoms with Crippen LogP contribution in [0.4, 0.5) is 4.79 Å². The molecule has 29 heavy (non-hydrogen) atoms. The molecule has 0 heterocycles. The minimum atomic E-state index is -0.642. The number of alkyl carbamates (subject to hydrolysis) is 1. The highest BCUT2D eigenvalue weighted by molar-refractivity contribution is 5.78. The van der Waals surface area contributed by atoms with Crippen molar-refractivity contribution in [2.45, 2.75) is 39.3 Å². The number of carbonyl (C=O) groups excluding carboxylic acids is 1. The highest BCUT2D eigenvalue weighted by atomic mass is 16.6. The Morgan fingerprint density at radius 1 is 0.966 bits per heavy atom. The Hall–Kier alpha value is -3.57. The van der Waals surface area contributed by atoms with Crippen LogP contribution in [-0.4, -0.2) is 11.7 Å². The van der Waals surface area contributed by atoms with Gasteiger partial charge in [0.15, 0.2) is 0 Å². The first-order valence-electron chi connectivity index (χ1n) is 9.41. The Bertz CT molecular complexity index is 930. The average Bonchev–Trinajstić information content (AvgIpc) is 2.69. The Balaban J connectivity index is 2.53. The molecule has 148 valence electrons. The van der Waals surface area contributed by atoms with Crippen molar-refractivity contribution >= 4 is 11.7 Å². The number of benzene rings is 2. The summed E-state index contributed by atoms with van der Waals surface area (Å²) in [6, 6.07) is 22.3. The van der Waals surface area contributed by atoms with Crippen molar-refractivity contribution in [1.29, 1.82) is 10.5 Å². The lowest BCUT2D eigenvalue weighted by molar-refractivity contribution is 0.0494. The summed E-state index contributed by atoms with van der Waals surface area (Å²) in [7, 11) is 0. The van der Waals surface area contributed by atoms with Crippen LogP contribution in [0.25, 0.3) is 5.57 Å². The second-order valence-corrected chi connectivity index (χ2v) is 7.70. The van der Waals surface area contributed by atoms with E-state index in [1.54, 1.807) is 20.8 Å². The molecule has 2 aromatic rings. The zero-order valence-electron chi connectivity index (χ0n) is 17.1. The number of nitriles is 2. The van der Waals surface area contributed by atoms with Crippen molar-refractivity contribution < 1.29 is 9.53 Å². The Morgan fingerprint density at radius 3 is 1.97 bits per heavy atom. The highest BCUT2D eigenvalue weighted by Gasteiger charge is 2.29. The minimum absolute atomic E-state index is 0.0237. The molecule has 0 aliphatic rings. The fourth-order valence-corrected chi connectivity index (χ4v) is 3.16. The summed E-state index contributed by atoms with van der Waals surface area (Å²) in [6.45, 7) is 7.29. The molecule has 0 bridgehead atoms. The minimum Gasteiger partial charge on any atom is -0.444 e. The topological polar surface area (TPSA) is 85.9 Å². The molecule has 0 aliphatic heterocycles. The van der Waals surface area contributed by atoms with Crippen molar-refractivity contribution in [2.75, 3.05) is 0 Å². The fourth-order valence-electron chi connectivity index (χ4n) is 3.16.